The maximum Gasteiger partial charge on any atom is 0.341 e. The van der Waals surface area contributed by atoms with Gasteiger partial charge < -0.3 is 10.1 Å². The van der Waals surface area contributed by atoms with Crippen LogP contribution in [-0.2, 0) is 17.6 Å². The second kappa shape index (κ2) is 5.54. The Balaban J connectivity index is 2.35. The van der Waals surface area contributed by atoms with E-state index in [-0.39, 0.29) is 5.97 Å². The van der Waals surface area contributed by atoms with Gasteiger partial charge in [-0.05, 0) is 37.7 Å². The quantitative estimate of drug-likeness (QED) is 0.837. The number of aryl methyl sites for hydroxylation is 1. The summed E-state index contributed by atoms with van der Waals surface area (Å²) in [5.41, 5.74) is 2.02. The van der Waals surface area contributed by atoms with Gasteiger partial charge in [0, 0.05) is 11.4 Å². The van der Waals surface area contributed by atoms with Gasteiger partial charge in [-0.2, -0.15) is 0 Å². The fraction of sp³-hybridized carbons (Fsp3) is 0.615. The predicted molar refractivity (Wildman–Crippen MR) is 71.1 cm³/mol. The first-order valence-electron chi connectivity index (χ1n) is 6.24. The Morgan fingerprint density at radius 2 is 2.18 bits per heavy atom. The monoisotopic (exact) mass is 253 g/mol. The highest BCUT2D eigenvalue weighted by atomic mass is 32.1. The minimum Gasteiger partial charge on any atom is -0.465 e. The van der Waals surface area contributed by atoms with E-state index in [1.54, 1.807) is 11.3 Å². The lowest BCUT2D eigenvalue weighted by Crippen LogP contribution is -2.10. The van der Waals surface area contributed by atoms with E-state index >= 15 is 0 Å². The van der Waals surface area contributed by atoms with Gasteiger partial charge in [-0.25, -0.2) is 4.79 Å². The molecule has 0 bridgehead atoms. The van der Waals surface area contributed by atoms with Gasteiger partial charge in [0.15, 0.2) is 0 Å². The second-order valence-electron chi connectivity index (χ2n) is 4.33. The van der Waals surface area contributed by atoms with Crippen LogP contribution in [0.3, 0.4) is 0 Å². The molecule has 1 N–H and O–H groups in total. The molecule has 1 heterocycles. The highest BCUT2D eigenvalue weighted by Gasteiger charge is 2.25. The Hall–Kier alpha value is -1.03. The van der Waals surface area contributed by atoms with Crippen LogP contribution >= 0.6 is 11.3 Å². The van der Waals surface area contributed by atoms with E-state index in [2.05, 4.69) is 12.2 Å². The van der Waals surface area contributed by atoms with Crippen molar-refractivity contribution < 1.29 is 9.53 Å². The van der Waals surface area contributed by atoms with Gasteiger partial charge in [0.05, 0.1) is 12.7 Å². The zero-order chi connectivity index (χ0) is 12.3. The maximum atomic E-state index is 11.9. The zero-order valence-electron chi connectivity index (χ0n) is 10.5. The Bertz CT molecular complexity index is 412. The summed E-state index contributed by atoms with van der Waals surface area (Å²) in [6.45, 7) is 3.03. The number of hydrogen-bond acceptors (Lipinski definition) is 4. The molecule has 0 saturated heterocycles. The van der Waals surface area contributed by atoms with E-state index in [9.17, 15) is 4.79 Å². The molecule has 3 nitrogen and oxygen atoms in total. The van der Waals surface area contributed by atoms with Gasteiger partial charge in [0.2, 0.25) is 0 Å². The standard InChI is InChI=1S/C13H19NO2S/c1-3-8-14-12-11(13(15)16-2)9-6-4-5-7-10(9)17-12/h14H,3-8H2,1-2H3. The molecule has 0 spiro atoms. The van der Waals surface area contributed by atoms with Crippen LogP contribution in [0.15, 0.2) is 0 Å². The van der Waals surface area contributed by atoms with Crippen LogP contribution in [0.1, 0.15) is 47.0 Å². The van der Waals surface area contributed by atoms with Gasteiger partial charge in [-0.3, -0.25) is 0 Å². The predicted octanol–water partition coefficient (Wildman–Crippen LogP) is 3.24. The summed E-state index contributed by atoms with van der Waals surface area (Å²) in [4.78, 5) is 13.2. The van der Waals surface area contributed by atoms with Gasteiger partial charge >= 0.3 is 5.97 Å². The number of ether oxygens (including phenoxy) is 1. The Morgan fingerprint density at radius 3 is 2.88 bits per heavy atom. The number of rotatable bonds is 4. The number of methoxy groups -OCH3 is 1. The van der Waals surface area contributed by atoms with Gasteiger partial charge in [0.25, 0.3) is 0 Å². The van der Waals surface area contributed by atoms with Crippen LogP contribution in [0.5, 0.6) is 0 Å². The van der Waals surface area contributed by atoms with Crippen molar-refractivity contribution in [3.63, 3.8) is 0 Å². The van der Waals surface area contributed by atoms with Crippen molar-refractivity contribution in [2.75, 3.05) is 19.0 Å². The van der Waals surface area contributed by atoms with Crippen molar-refractivity contribution in [1.82, 2.24) is 0 Å². The average molecular weight is 253 g/mol. The SMILES string of the molecule is CCCNc1sc2c(c1C(=O)OC)CCCC2. The van der Waals surface area contributed by atoms with Gasteiger partial charge in [-0.1, -0.05) is 6.92 Å². The van der Waals surface area contributed by atoms with Crippen molar-refractivity contribution in [3.05, 3.63) is 16.0 Å². The van der Waals surface area contributed by atoms with Crippen LogP contribution in [0.4, 0.5) is 5.00 Å². The Kier molecular flexibility index (Phi) is 4.05. The molecule has 1 aromatic heterocycles. The molecular weight excluding hydrogens is 234 g/mol. The maximum absolute atomic E-state index is 11.9. The van der Waals surface area contributed by atoms with Crippen LogP contribution in [0.25, 0.3) is 0 Å². The zero-order valence-corrected chi connectivity index (χ0v) is 11.3. The summed E-state index contributed by atoms with van der Waals surface area (Å²) in [5.74, 6) is -0.192. The van der Waals surface area contributed by atoms with Crippen LogP contribution < -0.4 is 5.32 Å². The molecule has 0 fully saturated rings. The molecule has 0 unspecified atom stereocenters. The minimum atomic E-state index is -0.192. The van der Waals surface area contributed by atoms with Crippen molar-refractivity contribution in [2.24, 2.45) is 0 Å². The molecule has 0 radical (unpaired) electrons. The topological polar surface area (TPSA) is 38.3 Å². The first-order chi connectivity index (χ1) is 8.27. The second-order valence-corrected chi connectivity index (χ2v) is 5.44. The molecule has 1 aliphatic rings. The van der Waals surface area contributed by atoms with Crippen molar-refractivity contribution in [1.29, 1.82) is 0 Å². The molecule has 4 heteroatoms. The molecule has 1 aliphatic carbocycles. The van der Waals surface area contributed by atoms with E-state index in [1.807, 2.05) is 0 Å². The largest absolute Gasteiger partial charge is 0.465 e. The molecule has 94 valence electrons. The first-order valence-corrected chi connectivity index (χ1v) is 7.06. The van der Waals surface area contributed by atoms with Gasteiger partial charge in [-0.15, -0.1) is 11.3 Å². The molecule has 2 rings (SSSR count). The highest BCUT2D eigenvalue weighted by Crippen LogP contribution is 2.38. The normalized spacial score (nSPS) is 14.2. The van der Waals surface area contributed by atoms with Crippen LogP contribution in [0.2, 0.25) is 0 Å². The van der Waals surface area contributed by atoms with E-state index in [4.69, 9.17) is 4.74 Å². The molecule has 0 amide bonds. The molecule has 0 aromatic carbocycles. The number of nitrogens with one attached hydrogen (secondary N) is 1. The summed E-state index contributed by atoms with van der Waals surface area (Å²) in [6, 6.07) is 0. The number of carbonyl (C=O) groups is 1. The van der Waals surface area contributed by atoms with Crippen molar-refractivity contribution in [2.45, 2.75) is 39.0 Å². The van der Waals surface area contributed by atoms with E-state index < -0.39 is 0 Å². The van der Waals surface area contributed by atoms with Crippen LogP contribution in [-0.4, -0.2) is 19.6 Å². The lowest BCUT2D eigenvalue weighted by atomic mass is 9.95. The van der Waals surface area contributed by atoms with Gasteiger partial charge in [0.1, 0.15) is 5.00 Å². The molecule has 0 saturated carbocycles. The van der Waals surface area contributed by atoms with Crippen LogP contribution in [0, 0.1) is 0 Å². The smallest absolute Gasteiger partial charge is 0.341 e. The summed E-state index contributed by atoms with van der Waals surface area (Å²) in [7, 11) is 1.46. The number of hydrogen-bond donors (Lipinski definition) is 1. The summed E-state index contributed by atoms with van der Waals surface area (Å²) in [6.07, 6.45) is 5.60. The Morgan fingerprint density at radius 1 is 1.41 bits per heavy atom. The number of esters is 1. The Labute approximate surface area is 106 Å². The number of thiophene rings is 1. The fourth-order valence-corrected chi connectivity index (χ4v) is 3.55. The third kappa shape index (κ3) is 2.46. The number of carbonyl (C=O) groups excluding carboxylic acids is 1. The third-order valence-corrected chi connectivity index (χ3v) is 4.35. The molecule has 0 atom stereocenters. The molecule has 17 heavy (non-hydrogen) atoms. The first kappa shape index (κ1) is 12.4. The van der Waals surface area contributed by atoms with E-state index in [1.165, 1.54) is 30.4 Å². The van der Waals surface area contributed by atoms with E-state index in [0.29, 0.717) is 0 Å². The number of fused-ring (bicyclic) bond motifs is 1. The average Bonchev–Trinajstić information content (AvgIpc) is 2.73. The number of anilines is 1. The highest BCUT2D eigenvalue weighted by molar-refractivity contribution is 7.16. The molecule has 1 aromatic rings. The molecule has 0 aliphatic heterocycles. The summed E-state index contributed by atoms with van der Waals surface area (Å²) < 4.78 is 4.91. The minimum absolute atomic E-state index is 0.192. The lowest BCUT2D eigenvalue weighted by Gasteiger charge is -2.11. The third-order valence-electron chi connectivity index (χ3n) is 3.10. The fourth-order valence-electron chi connectivity index (χ4n) is 2.25. The summed E-state index contributed by atoms with van der Waals surface area (Å²) >= 11 is 1.73. The van der Waals surface area contributed by atoms with E-state index in [0.717, 1.165) is 36.4 Å². The van der Waals surface area contributed by atoms with Crippen molar-refractivity contribution >= 4 is 22.3 Å². The lowest BCUT2D eigenvalue weighted by molar-refractivity contribution is 0.0601. The molecular formula is C13H19NO2S. The summed E-state index contributed by atoms with van der Waals surface area (Å²) in [5, 5.41) is 4.36. The van der Waals surface area contributed by atoms with Crippen molar-refractivity contribution in [3.8, 4) is 0 Å².